The van der Waals surface area contributed by atoms with E-state index in [0.717, 1.165) is 12.8 Å². The molecule has 0 radical (unpaired) electrons. The van der Waals surface area contributed by atoms with E-state index in [9.17, 15) is 9.59 Å². The van der Waals surface area contributed by atoms with Gasteiger partial charge in [0.05, 0.1) is 12.1 Å². The number of rotatable bonds is 5. The van der Waals surface area contributed by atoms with E-state index < -0.39 is 6.09 Å². The molecule has 4 nitrogen and oxygen atoms in total. The van der Waals surface area contributed by atoms with Crippen LogP contribution in [0.3, 0.4) is 0 Å². The molecule has 0 aliphatic heterocycles. The van der Waals surface area contributed by atoms with E-state index in [4.69, 9.17) is 4.74 Å². The third-order valence-corrected chi connectivity index (χ3v) is 2.59. The fourth-order valence-corrected chi connectivity index (χ4v) is 1.59. The first-order chi connectivity index (χ1) is 7.41. The average molecular weight is 227 g/mol. The molecular weight excluding hydrogens is 206 g/mol. The van der Waals surface area contributed by atoms with Crippen molar-refractivity contribution in [3.63, 3.8) is 0 Å². The van der Waals surface area contributed by atoms with Gasteiger partial charge in [0.2, 0.25) is 0 Å². The molecule has 0 bridgehead atoms. The van der Waals surface area contributed by atoms with Gasteiger partial charge >= 0.3 is 6.09 Å². The first kappa shape index (κ1) is 13.0. The molecule has 0 aromatic heterocycles. The van der Waals surface area contributed by atoms with E-state index in [1.165, 1.54) is 0 Å². The van der Waals surface area contributed by atoms with E-state index in [1.807, 2.05) is 13.8 Å². The van der Waals surface area contributed by atoms with E-state index in [2.05, 4.69) is 5.32 Å². The third-order valence-electron chi connectivity index (χ3n) is 2.59. The van der Waals surface area contributed by atoms with Crippen molar-refractivity contribution < 1.29 is 14.3 Å². The number of Topliss-reactive ketones (excluding diaryl/α,β-unsaturated/α-hetero) is 1. The zero-order valence-electron chi connectivity index (χ0n) is 10.4. The Bertz CT molecular complexity index is 269. The smallest absolute Gasteiger partial charge is 0.407 e. The highest BCUT2D eigenvalue weighted by atomic mass is 16.6. The molecule has 0 aromatic rings. The minimum absolute atomic E-state index is 0.0510. The molecule has 1 aliphatic carbocycles. The number of nitrogens with one attached hydrogen (secondary N) is 1. The predicted molar refractivity (Wildman–Crippen MR) is 61.1 cm³/mol. The Morgan fingerprint density at radius 2 is 1.75 bits per heavy atom. The second kappa shape index (κ2) is 5.32. The highest BCUT2D eigenvalue weighted by Crippen LogP contribution is 2.34. The van der Waals surface area contributed by atoms with Crippen LogP contribution in [0.1, 0.15) is 40.5 Å². The monoisotopic (exact) mass is 227 g/mol. The fraction of sp³-hybridized carbons (Fsp3) is 0.833. The van der Waals surface area contributed by atoms with Crippen molar-refractivity contribution >= 4 is 11.9 Å². The summed E-state index contributed by atoms with van der Waals surface area (Å²) in [4.78, 5) is 23.3. The SMILES string of the molecule is CC(C)OC(=O)NC(C(=O)C(C)C)C1CC1. The van der Waals surface area contributed by atoms with Gasteiger partial charge in [0.1, 0.15) is 0 Å². The minimum Gasteiger partial charge on any atom is -0.447 e. The van der Waals surface area contributed by atoms with Crippen molar-refractivity contribution in [2.75, 3.05) is 0 Å². The number of carbonyl (C=O) groups is 2. The van der Waals surface area contributed by atoms with E-state index in [1.54, 1.807) is 13.8 Å². The molecule has 1 amide bonds. The van der Waals surface area contributed by atoms with Crippen LogP contribution in [0.5, 0.6) is 0 Å². The lowest BCUT2D eigenvalue weighted by atomic mass is 9.98. The number of ether oxygens (including phenoxy) is 1. The van der Waals surface area contributed by atoms with Gasteiger partial charge in [-0.05, 0) is 32.6 Å². The van der Waals surface area contributed by atoms with Crippen molar-refractivity contribution in [3.8, 4) is 0 Å². The average Bonchev–Trinajstić information content (AvgIpc) is 2.94. The van der Waals surface area contributed by atoms with Gasteiger partial charge in [-0.3, -0.25) is 4.79 Å². The summed E-state index contributed by atoms with van der Waals surface area (Å²) in [5.41, 5.74) is 0. The molecule has 1 saturated carbocycles. The predicted octanol–water partition coefficient (Wildman–Crippen LogP) is 2.12. The molecule has 0 aromatic carbocycles. The van der Waals surface area contributed by atoms with Crippen LogP contribution in [0, 0.1) is 11.8 Å². The quantitative estimate of drug-likeness (QED) is 0.782. The van der Waals surface area contributed by atoms with Crippen LogP contribution in [-0.2, 0) is 9.53 Å². The van der Waals surface area contributed by atoms with E-state index in [0.29, 0.717) is 5.92 Å². The van der Waals surface area contributed by atoms with Gasteiger partial charge in [-0.2, -0.15) is 0 Å². The molecule has 1 rings (SSSR count). The van der Waals surface area contributed by atoms with Gasteiger partial charge in [-0.25, -0.2) is 4.79 Å². The number of alkyl carbamates (subject to hydrolysis) is 1. The molecule has 1 unspecified atom stereocenters. The first-order valence-electron chi connectivity index (χ1n) is 5.92. The zero-order valence-corrected chi connectivity index (χ0v) is 10.4. The molecule has 1 fully saturated rings. The Balaban J connectivity index is 2.51. The summed E-state index contributed by atoms with van der Waals surface area (Å²) in [5.74, 6) is 0.364. The number of hydrogen-bond donors (Lipinski definition) is 1. The summed E-state index contributed by atoms with van der Waals surface area (Å²) < 4.78 is 4.99. The van der Waals surface area contributed by atoms with Crippen molar-refractivity contribution in [3.05, 3.63) is 0 Å². The highest BCUT2D eigenvalue weighted by molar-refractivity contribution is 5.89. The molecule has 0 spiro atoms. The Morgan fingerprint density at radius 3 is 2.12 bits per heavy atom. The summed E-state index contributed by atoms with van der Waals surface area (Å²) in [6.07, 6.45) is 1.39. The van der Waals surface area contributed by atoms with Crippen molar-refractivity contribution in [2.24, 2.45) is 11.8 Å². The van der Waals surface area contributed by atoms with Crippen LogP contribution < -0.4 is 5.32 Å². The maximum Gasteiger partial charge on any atom is 0.407 e. The van der Waals surface area contributed by atoms with Crippen LogP contribution in [0.4, 0.5) is 4.79 Å². The fourth-order valence-electron chi connectivity index (χ4n) is 1.59. The molecule has 0 saturated heterocycles. The normalized spacial score (nSPS) is 17.4. The van der Waals surface area contributed by atoms with Crippen molar-refractivity contribution in [1.29, 1.82) is 0 Å². The van der Waals surface area contributed by atoms with Gasteiger partial charge in [-0.15, -0.1) is 0 Å². The number of amides is 1. The third kappa shape index (κ3) is 3.83. The van der Waals surface area contributed by atoms with Gasteiger partial charge in [0.25, 0.3) is 0 Å². The van der Waals surface area contributed by atoms with Crippen LogP contribution >= 0.6 is 0 Å². The topological polar surface area (TPSA) is 55.4 Å². The summed E-state index contributed by atoms with van der Waals surface area (Å²) in [6, 6.07) is -0.355. The largest absolute Gasteiger partial charge is 0.447 e. The summed E-state index contributed by atoms with van der Waals surface area (Å²) in [6.45, 7) is 7.28. The standard InChI is InChI=1S/C12H21NO3/c1-7(2)11(14)10(9-5-6-9)13-12(15)16-8(3)4/h7-10H,5-6H2,1-4H3,(H,13,15). The second-order valence-electron chi connectivity index (χ2n) is 4.97. The van der Waals surface area contributed by atoms with E-state index >= 15 is 0 Å². The maximum absolute atomic E-state index is 11.9. The molecule has 1 aliphatic rings. The maximum atomic E-state index is 11.9. The Kier molecular flexibility index (Phi) is 4.33. The number of carbonyl (C=O) groups excluding carboxylic acids is 2. The lowest BCUT2D eigenvalue weighted by molar-refractivity contribution is -0.124. The Morgan fingerprint density at radius 1 is 1.19 bits per heavy atom. The molecular formula is C12H21NO3. The lowest BCUT2D eigenvalue weighted by Crippen LogP contribution is -2.45. The van der Waals surface area contributed by atoms with Crippen LogP contribution in [-0.4, -0.2) is 24.0 Å². The zero-order chi connectivity index (χ0) is 12.3. The van der Waals surface area contributed by atoms with Crippen LogP contribution in [0.25, 0.3) is 0 Å². The van der Waals surface area contributed by atoms with Gasteiger partial charge in [0, 0.05) is 5.92 Å². The molecule has 4 heteroatoms. The molecule has 16 heavy (non-hydrogen) atoms. The van der Waals surface area contributed by atoms with Gasteiger partial charge in [0.15, 0.2) is 5.78 Å². The first-order valence-corrected chi connectivity index (χ1v) is 5.92. The lowest BCUT2D eigenvalue weighted by Gasteiger charge is -2.19. The van der Waals surface area contributed by atoms with Crippen LogP contribution in [0.15, 0.2) is 0 Å². The summed E-state index contributed by atoms with van der Waals surface area (Å²) in [5, 5.41) is 2.68. The molecule has 1 N–H and O–H groups in total. The summed E-state index contributed by atoms with van der Waals surface area (Å²) in [7, 11) is 0. The minimum atomic E-state index is -0.485. The van der Waals surface area contributed by atoms with Gasteiger partial charge < -0.3 is 10.1 Å². The van der Waals surface area contributed by atoms with Crippen LogP contribution in [0.2, 0.25) is 0 Å². The van der Waals surface area contributed by atoms with E-state index in [-0.39, 0.29) is 23.8 Å². The van der Waals surface area contributed by atoms with Gasteiger partial charge in [-0.1, -0.05) is 13.8 Å². The molecule has 1 atom stereocenters. The Hall–Kier alpha value is -1.06. The van der Waals surface area contributed by atoms with Crippen molar-refractivity contribution in [2.45, 2.75) is 52.7 Å². The summed E-state index contributed by atoms with van der Waals surface area (Å²) >= 11 is 0. The van der Waals surface area contributed by atoms with Crippen molar-refractivity contribution in [1.82, 2.24) is 5.32 Å². The second-order valence-corrected chi connectivity index (χ2v) is 4.97. The highest BCUT2D eigenvalue weighted by Gasteiger charge is 2.38. The number of hydrogen-bond acceptors (Lipinski definition) is 3. The number of ketones is 1. The molecule has 0 heterocycles. The Labute approximate surface area is 96.7 Å². The molecule has 92 valence electrons.